The molecular formula is C15H22O3. The first-order valence-electron chi connectivity index (χ1n) is 6.44. The molecule has 18 heavy (non-hydrogen) atoms. The van der Waals surface area contributed by atoms with Crippen LogP contribution in [0.1, 0.15) is 49.0 Å². The minimum atomic E-state index is -0.888. The molecule has 0 aliphatic heterocycles. The summed E-state index contributed by atoms with van der Waals surface area (Å²) >= 11 is 0. The second-order valence-electron chi connectivity index (χ2n) is 4.97. The molecule has 1 aromatic rings. The molecule has 0 amide bonds. The van der Waals surface area contributed by atoms with Crippen molar-refractivity contribution in [1.82, 2.24) is 0 Å². The van der Waals surface area contributed by atoms with Crippen LogP contribution in [0.3, 0.4) is 0 Å². The van der Waals surface area contributed by atoms with Crippen LogP contribution in [0.2, 0.25) is 0 Å². The summed E-state index contributed by atoms with van der Waals surface area (Å²) in [4.78, 5) is 10.9. The highest BCUT2D eigenvalue weighted by molar-refractivity contribution is 5.88. The molecule has 0 atom stereocenters. The average Bonchev–Trinajstić information content (AvgIpc) is 2.34. The van der Waals surface area contributed by atoms with Crippen molar-refractivity contribution in [2.75, 3.05) is 7.11 Å². The highest BCUT2D eigenvalue weighted by Gasteiger charge is 2.08. The summed E-state index contributed by atoms with van der Waals surface area (Å²) in [6.45, 7) is 4.43. The van der Waals surface area contributed by atoms with Crippen LogP contribution in [0.25, 0.3) is 0 Å². The molecule has 0 fully saturated rings. The third kappa shape index (κ3) is 4.40. The highest BCUT2D eigenvalue weighted by Crippen LogP contribution is 2.22. The van der Waals surface area contributed by atoms with E-state index >= 15 is 0 Å². The van der Waals surface area contributed by atoms with Gasteiger partial charge in [0, 0.05) is 0 Å². The van der Waals surface area contributed by atoms with Crippen molar-refractivity contribution in [3.63, 3.8) is 0 Å². The second kappa shape index (κ2) is 7.04. The second-order valence-corrected chi connectivity index (χ2v) is 4.97. The van der Waals surface area contributed by atoms with Crippen molar-refractivity contribution in [3.8, 4) is 5.75 Å². The van der Waals surface area contributed by atoms with Crippen LogP contribution in [-0.4, -0.2) is 18.2 Å². The van der Waals surface area contributed by atoms with Gasteiger partial charge in [-0.1, -0.05) is 26.7 Å². The number of carboxylic acid groups (broad SMARTS) is 1. The van der Waals surface area contributed by atoms with Crippen LogP contribution in [0, 0.1) is 5.92 Å². The van der Waals surface area contributed by atoms with Gasteiger partial charge >= 0.3 is 5.97 Å². The van der Waals surface area contributed by atoms with Gasteiger partial charge in [-0.2, -0.15) is 0 Å². The number of carboxylic acids is 1. The van der Waals surface area contributed by atoms with Gasteiger partial charge in [0.05, 0.1) is 12.7 Å². The summed E-state index contributed by atoms with van der Waals surface area (Å²) in [6, 6.07) is 5.04. The molecule has 1 N–H and O–H groups in total. The first-order valence-corrected chi connectivity index (χ1v) is 6.44. The van der Waals surface area contributed by atoms with E-state index in [0.717, 1.165) is 36.5 Å². The predicted molar refractivity (Wildman–Crippen MR) is 72.3 cm³/mol. The number of hydrogen-bond donors (Lipinski definition) is 1. The molecule has 0 aliphatic rings. The number of hydrogen-bond acceptors (Lipinski definition) is 2. The third-order valence-electron chi connectivity index (χ3n) is 3.00. The molecular weight excluding hydrogens is 228 g/mol. The molecule has 3 heteroatoms. The summed E-state index contributed by atoms with van der Waals surface area (Å²) in [7, 11) is 1.62. The van der Waals surface area contributed by atoms with Gasteiger partial charge in [0.2, 0.25) is 0 Å². The molecule has 0 saturated heterocycles. The zero-order valence-corrected chi connectivity index (χ0v) is 11.4. The lowest BCUT2D eigenvalue weighted by atomic mass is 10.0. The van der Waals surface area contributed by atoms with Crippen molar-refractivity contribution in [2.45, 2.75) is 39.5 Å². The Morgan fingerprint density at radius 3 is 2.61 bits per heavy atom. The number of unbranched alkanes of at least 4 members (excludes halogenated alkanes) is 1. The minimum absolute atomic E-state index is 0.328. The zero-order chi connectivity index (χ0) is 13.5. The highest BCUT2D eigenvalue weighted by atomic mass is 16.5. The van der Waals surface area contributed by atoms with E-state index in [1.165, 1.54) is 6.42 Å². The fraction of sp³-hybridized carbons (Fsp3) is 0.533. The van der Waals surface area contributed by atoms with Crippen LogP contribution in [-0.2, 0) is 6.42 Å². The van der Waals surface area contributed by atoms with Crippen molar-refractivity contribution in [1.29, 1.82) is 0 Å². The van der Waals surface area contributed by atoms with Crippen molar-refractivity contribution < 1.29 is 14.6 Å². The number of ether oxygens (including phenoxy) is 1. The van der Waals surface area contributed by atoms with E-state index in [9.17, 15) is 4.79 Å². The van der Waals surface area contributed by atoms with E-state index in [2.05, 4.69) is 13.8 Å². The Morgan fingerprint density at radius 1 is 1.33 bits per heavy atom. The molecule has 0 unspecified atom stereocenters. The fourth-order valence-electron chi connectivity index (χ4n) is 1.98. The molecule has 0 radical (unpaired) electrons. The molecule has 0 spiro atoms. The molecule has 0 aliphatic carbocycles. The number of aryl methyl sites for hydroxylation is 1. The predicted octanol–water partition coefficient (Wildman–Crippen LogP) is 3.76. The standard InChI is InChI=1S/C15H22O3/c1-11(2)6-4-5-7-12-10-13(15(16)17)8-9-14(12)18-3/h8-11H,4-7H2,1-3H3,(H,16,17). The monoisotopic (exact) mass is 250 g/mol. The zero-order valence-electron chi connectivity index (χ0n) is 11.4. The summed E-state index contributed by atoms with van der Waals surface area (Å²) in [6.07, 6.45) is 4.31. The fourth-order valence-corrected chi connectivity index (χ4v) is 1.98. The molecule has 100 valence electrons. The molecule has 0 saturated carbocycles. The summed E-state index contributed by atoms with van der Waals surface area (Å²) in [5, 5.41) is 8.98. The van der Waals surface area contributed by atoms with Crippen LogP contribution >= 0.6 is 0 Å². The number of methoxy groups -OCH3 is 1. The van der Waals surface area contributed by atoms with Gasteiger partial charge in [-0.15, -0.1) is 0 Å². The third-order valence-corrected chi connectivity index (χ3v) is 3.00. The Kier molecular flexibility index (Phi) is 5.69. The van der Waals surface area contributed by atoms with E-state index in [-0.39, 0.29) is 0 Å². The van der Waals surface area contributed by atoms with Gasteiger partial charge in [0.15, 0.2) is 0 Å². The van der Waals surface area contributed by atoms with Crippen molar-refractivity contribution >= 4 is 5.97 Å². The van der Waals surface area contributed by atoms with Crippen LogP contribution in [0.15, 0.2) is 18.2 Å². The van der Waals surface area contributed by atoms with Gasteiger partial charge < -0.3 is 9.84 Å². The van der Waals surface area contributed by atoms with Gasteiger partial charge in [-0.3, -0.25) is 0 Å². The lowest BCUT2D eigenvalue weighted by molar-refractivity contribution is 0.0696. The smallest absolute Gasteiger partial charge is 0.335 e. The average molecular weight is 250 g/mol. The van der Waals surface area contributed by atoms with Crippen molar-refractivity contribution in [3.05, 3.63) is 29.3 Å². The van der Waals surface area contributed by atoms with E-state index < -0.39 is 5.97 Å². The maximum atomic E-state index is 10.9. The van der Waals surface area contributed by atoms with E-state index in [0.29, 0.717) is 5.56 Å². The van der Waals surface area contributed by atoms with Gasteiger partial charge in [-0.25, -0.2) is 4.79 Å². The van der Waals surface area contributed by atoms with E-state index in [4.69, 9.17) is 9.84 Å². The van der Waals surface area contributed by atoms with Gasteiger partial charge in [-0.05, 0) is 42.5 Å². The van der Waals surface area contributed by atoms with Crippen LogP contribution in [0.5, 0.6) is 5.75 Å². The summed E-state index contributed by atoms with van der Waals surface area (Å²) < 4.78 is 5.27. The molecule has 3 nitrogen and oxygen atoms in total. The number of aromatic carboxylic acids is 1. The Bertz CT molecular complexity index is 397. The number of benzene rings is 1. The number of carbonyl (C=O) groups is 1. The number of rotatable bonds is 7. The first-order chi connectivity index (χ1) is 8.54. The molecule has 0 bridgehead atoms. The lowest BCUT2D eigenvalue weighted by Gasteiger charge is -2.10. The topological polar surface area (TPSA) is 46.5 Å². The van der Waals surface area contributed by atoms with Crippen LogP contribution in [0.4, 0.5) is 0 Å². The van der Waals surface area contributed by atoms with E-state index in [1.54, 1.807) is 25.3 Å². The Hall–Kier alpha value is -1.51. The normalized spacial score (nSPS) is 10.7. The van der Waals surface area contributed by atoms with E-state index in [1.807, 2.05) is 0 Å². The minimum Gasteiger partial charge on any atom is -0.496 e. The maximum Gasteiger partial charge on any atom is 0.335 e. The molecule has 1 aromatic carbocycles. The largest absolute Gasteiger partial charge is 0.496 e. The molecule has 0 heterocycles. The molecule has 0 aromatic heterocycles. The quantitative estimate of drug-likeness (QED) is 0.749. The Balaban J connectivity index is 2.66. The summed E-state index contributed by atoms with van der Waals surface area (Å²) in [5.41, 5.74) is 1.32. The first kappa shape index (κ1) is 14.6. The maximum absolute atomic E-state index is 10.9. The van der Waals surface area contributed by atoms with Crippen LogP contribution < -0.4 is 4.74 Å². The Morgan fingerprint density at radius 2 is 2.06 bits per heavy atom. The lowest BCUT2D eigenvalue weighted by Crippen LogP contribution is -2.00. The Labute approximate surface area is 109 Å². The summed E-state index contributed by atoms with van der Waals surface area (Å²) in [5.74, 6) is 0.614. The van der Waals surface area contributed by atoms with Gasteiger partial charge in [0.1, 0.15) is 5.75 Å². The molecule has 1 rings (SSSR count). The van der Waals surface area contributed by atoms with Gasteiger partial charge in [0.25, 0.3) is 0 Å². The van der Waals surface area contributed by atoms with Crippen molar-refractivity contribution in [2.24, 2.45) is 5.92 Å². The SMILES string of the molecule is COc1ccc(C(=O)O)cc1CCCCC(C)C.